The third kappa shape index (κ3) is 3.84. The number of methoxy groups -OCH3 is 2. The van der Waals surface area contributed by atoms with Crippen molar-refractivity contribution in [1.29, 1.82) is 0 Å². The molecule has 2 fully saturated rings. The lowest BCUT2D eigenvalue weighted by Gasteiger charge is -2.28. The predicted octanol–water partition coefficient (Wildman–Crippen LogP) is 3.61. The number of ketones is 1. The second kappa shape index (κ2) is 9.04. The van der Waals surface area contributed by atoms with Gasteiger partial charge in [-0.3, -0.25) is 9.59 Å². The van der Waals surface area contributed by atoms with Gasteiger partial charge in [0.1, 0.15) is 17.3 Å². The number of Topliss-reactive ketones (excluding diaryl/α,β-unsaturated/α-hetero) is 1. The number of aryl methyl sites for hydroxylation is 1. The van der Waals surface area contributed by atoms with Crippen LogP contribution in [0.3, 0.4) is 0 Å². The SMILES string of the molecule is COc1ccc(C)cc1/C(O)=C1\C(=O)C(=O)N(CC2CCCO2)C1c1ccccc1OC. The first-order chi connectivity index (χ1) is 15.5. The van der Waals surface area contributed by atoms with Gasteiger partial charge in [-0.15, -0.1) is 0 Å². The fourth-order valence-electron chi connectivity index (χ4n) is 4.44. The Kier molecular flexibility index (Phi) is 6.19. The molecule has 2 unspecified atom stereocenters. The van der Waals surface area contributed by atoms with Crippen molar-refractivity contribution in [3.63, 3.8) is 0 Å². The molecule has 168 valence electrons. The van der Waals surface area contributed by atoms with Gasteiger partial charge in [0.25, 0.3) is 11.7 Å². The standard InChI is InChI=1S/C25H27NO6/c1-15-10-11-20(31-3)18(13-15)23(27)21-22(17-8-4-5-9-19(17)30-2)26(25(29)24(21)28)14-16-7-6-12-32-16/h4-5,8-11,13,16,22,27H,6-7,12,14H2,1-3H3/b23-21+. The maximum atomic E-state index is 13.2. The summed E-state index contributed by atoms with van der Waals surface area (Å²) in [6.07, 6.45) is 1.57. The Balaban J connectivity index is 1.91. The van der Waals surface area contributed by atoms with Crippen LogP contribution in [0.1, 0.15) is 35.6 Å². The van der Waals surface area contributed by atoms with Crippen LogP contribution < -0.4 is 9.47 Å². The third-order valence-corrected chi connectivity index (χ3v) is 6.01. The summed E-state index contributed by atoms with van der Waals surface area (Å²) in [6.45, 7) is 2.77. The van der Waals surface area contributed by atoms with Gasteiger partial charge in [0, 0.05) is 18.7 Å². The van der Waals surface area contributed by atoms with Crippen LogP contribution in [0.2, 0.25) is 0 Å². The van der Waals surface area contributed by atoms with Crippen molar-refractivity contribution in [3.05, 3.63) is 64.7 Å². The largest absolute Gasteiger partial charge is 0.507 e. The number of hydrogen-bond donors (Lipinski definition) is 1. The van der Waals surface area contributed by atoms with E-state index in [0.29, 0.717) is 29.2 Å². The van der Waals surface area contributed by atoms with Crippen molar-refractivity contribution in [2.45, 2.75) is 31.9 Å². The Labute approximate surface area is 187 Å². The molecule has 1 N–H and O–H groups in total. The molecule has 2 aromatic carbocycles. The second-order valence-corrected chi connectivity index (χ2v) is 8.03. The van der Waals surface area contributed by atoms with Crippen molar-refractivity contribution < 1.29 is 28.9 Å². The van der Waals surface area contributed by atoms with Gasteiger partial charge in [-0.2, -0.15) is 0 Å². The number of rotatable bonds is 6. The summed E-state index contributed by atoms with van der Waals surface area (Å²) in [7, 11) is 3.03. The predicted molar refractivity (Wildman–Crippen MR) is 119 cm³/mol. The van der Waals surface area contributed by atoms with E-state index in [4.69, 9.17) is 14.2 Å². The minimum Gasteiger partial charge on any atom is -0.507 e. The molecule has 4 rings (SSSR count). The van der Waals surface area contributed by atoms with Crippen LogP contribution >= 0.6 is 0 Å². The summed E-state index contributed by atoms with van der Waals surface area (Å²) < 4.78 is 16.7. The molecule has 7 nitrogen and oxygen atoms in total. The monoisotopic (exact) mass is 437 g/mol. The highest BCUT2D eigenvalue weighted by Gasteiger charge is 2.48. The zero-order chi connectivity index (χ0) is 22.8. The number of para-hydroxylation sites is 1. The lowest BCUT2D eigenvalue weighted by Crippen LogP contribution is -2.36. The Morgan fingerprint density at radius 2 is 1.88 bits per heavy atom. The zero-order valence-corrected chi connectivity index (χ0v) is 18.5. The van der Waals surface area contributed by atoms with Crippen molar-refractivity contribution >= 4 is 17.4 Å². The normalized spacial score (nSPS) is 22.4. The minimum absolute atomic E-state index is 0.0152. The lowest BCUT2D eigenvalue weighted by molar-refractivity contribution is -0.140. The van der Waals surface area contributed by atoms with Crippen LogP contribution in [-0.4, -0.2) is 55.2 Å². The van der Waals surface area contributed by atoms with Crippen LogP contribution in [0, 0.1) is 6.92 Å². The number of aliphatic hydroxyl groups is 1. The fourth-order valence-corrected chi connectivity index (χ4v) is 4.44. The Bertz CT molecular complexity index is 1070. The van der Waals surface area contributed by atoms with Gasteiger partial charge in [0.2, 0.25) is 0 Å². The first kappa shape index (κ1) is 21.9. The van der Waals surface area contributed by atoms with E-state index in [1.165, 1.54) is 19.1 Å². The molecular formula is C25H27NO6. The summed E-state index contributed by atoms with van der Waals surface area (Å²) in [6, 6.07) is 11.7. The average molecular weight is 437 g/mol. The molecule has 2 heterocycles. The molecule has 0 spiro atoms. The number of carbonyl (C=O) groups is 2. The molecule has 1 amide bonds. The Morgan fingerprint density at radius 3 is 2.56 bits per heavy atom. The maximum Gasteiger partial charge on any atom is 0.295 e. The highest BCUT2D eigenvalue weighted by molar-refractivity contribution is 6.46. The van der Waals surface area contributed by atoms with Gasteiger partial charge >= 0.3 is 0 Å². The molecular weight excluding hydrogens is 410 g/mol. The molecule has 2 saturated heterocycles. The van der Waals surface area contributed by atoms with Crippen LogP contribution in [0.15, 0.2) is 48.0 Å². The zero-order valence-electron chi connectivity index (χ0n) is 18.5. The topological polar surface area (TPSA) is 85.3 Å². The summed E-state index contributed by atoms with van der Waals surface area (Å²) in [5.74, 6) is -0.727. The van der Waals surface area contributed by atoms with Crippen LogP contribution in [0.25, 0.3) is 5.76 Å². The van der Waals surface area contributed by atoms with E-state index in [-0.39, 0.29) is 24.0 Å². The summed E-state index contributed by atoms with van der Waals surface area (Å²) in [5, 5.41) is 11.3. The number of amides is 1. The molecule has 0 radical (unpaired) electrons. The smallest absolute Gasteiger partial charge is 0.295 e. The first-order valence-electron chi connectivity index (χ1n) is 10.6. The van der Waals surface area contributed by atoms with E-state index in [1.807, 2.05) is 25.1 Å². The van der Waals surface area contributed by atoms with Gasteiger partial charge < -0.3 is 24.2 Å². The maximum absolute atomic E-state index is 13.2. The van der Waals surface area contributed by atoms with E-state index in [9.17, 15) is 14.7 Å². The molecule has 2 aliphatic heterocycles. The van der Waals surface area contributed by atoms with E-state index in [1.54, 1.807) is 24.3 Å². The summed E-state index contributed by atoms with van der Waals surface area (Å²) in [4.78, 5) is 27.9. The third-order valence-electron chi connectivity index (χ3n) is 6.01. The van der Waals surface area contributed by atoms with E-state index < -0.39 is 17.7 Å². The van der Waals surface area contributed by atoms with Crippen molar-refractivity contribution in [2.24, 2.45) is 0 Å². The lowest BCUT2D eigenvalue weighted by atomic mass is 9.93. The molecule has 0 saturated carbocycles. The summed E-state index contributed by atoms with van der Waals surface area (Å²) >= 11 is 0. The molecule has 32 heavy (non-hydrogen) atoms. The van der Waals surface area contributed by atoms with Gasteiger partial charge in [0.05, 0.1) is 37.5 Å². The number of carbonyl (C=O) groups excluding carboxylic acids is 2. The van der Waals surface area contributed by atoms with Crippen molar-refractivity contribution in [2.75, 3.05) is 27.4 Å². The highest BCUT2D eigenvalue weighted by atomic mass is 16.5. The number of hydrogen-bond acceptors (Lipinski definition) is 6. The van der Waals surface area contributed by atoms with Crippen LogP contribution in [0.5, 0.6) is 11.5 Å². The van der Waals surface area contributed by atoms with Crippen LogP contribution in [-0.2, 0) is 14.3 Å². The van der Waals surface area contributed by atoms with E-state index in [2.05, 4.69) is 0 Å². The molecule has 7 heteroatoms. The van der Waals surface area contributed by atoms with Gasteiger partial charge in [-0.1, -0.05) is 29.8 Å². The van der Waals surface area contributed by atoms with Crippen LogP contribution in [0.4, 0.5) is 0 Å². The van der Waals surface area contributed by atoms with Gasteiger partial charge in [-0.05, 0) is 38.0 Å². The minimum atomic E-state index is -0.805. The second-order valence-electron chi connectivity index (χ2n) is 8.03. The summed E-state index contributed by atoms with van der Waals surface area (Å²) in [5.41, 5.74) is 1.89. The molecule has 0 aromatic heterocycles. The quantitative estimate of drug-likeness (QED) is 0.422. The molecule has 2 atom stereocenters. The molecule has 0 bridgehead atoms. The molecule has 2 aromatic rings. The first-order valence-corrected chi connectivity index (χ1v) is 10.6. The number of ether oxygens (including phenoxy) is 3. The number of likely N-dealkylation sites (tertiary alicyclic amines) is 1. The molecule has 2 aliphatic rings. The average Bonchev–Trinajstić information content (AvgIpc) is 3.41. The van der Waals surface area contributed by atoms with Gasteiger partial charge in [-0.25, -0.2) is 0 Å². The Morgan fingerprint density at radius 1 is 1.12 bits per heavy atom. The number of aliphatic hydroxyl groups excluding tert-OH is 1. The van der Waals surface area contributed by atoms with Crippen molar-refractivity contribution in [3.8, 4) is 11.5 Å². The highest BCUT2D eigenvalue weighted by Crippen LogP contribution is 2.44. The van der Waals surface area contributed by atoms with Gasteiger partial charge in [0.15, 0.2) is 0 Å². The van der Waals surface area contributed by atoms with E-state index in [0.717, 1.165) is 18.4 Å². The number of benzene rings is 2. The molecule has 0 aliphatic carbocycles. The van der Waals surface area contributed by atoms with E-state index >= 15 is 0 Å². The Hall–Kier alpha value is -3.32. The fraction of sp³-hybridized carbons (Fsp3) is 0.360. The number of nitrogens with zero attached hydrogens (tertiary/aromatic N) is 1. The van der Waals surface area contributed by atoms with Crippen molar-refractivity contribution in [1.82, 2.24) is 4.90 Å².